The summed E-state index contributed by atoms with van der Waals surface area (Å²) in [6, 6.07) is 0. The Bertz CT molecular complexity index is 332. The van der Waals surface area contributed by atoms with E-state index in [0.717, 1.165) is 12.8 Å². The lowest BCUT2D eigenvalue weighted by Crippen LogP contribution is -2.29. The van der Waals surface area contributed by atoms with Crippen LogP contribution in [0.2, 0.25) is 0 Å². The van der Waals surface area contributed by atoms with E-state index in [1.54, 1.807) is 17.1 Å². The predicted molar refractivity (Wildman–Crippen MR) is 60.7 cm³/mol. The van der Waals surface area contributed by atoms with E-state index in [-0.39, 0.29) is 5.92 Å². The van der Waals surface area contributed by atoms with E-state index in [0.29, 0.717) is 5.56 Å². The van der Waals surface area contributed by atoms with Crippen LogP contribution in [0.4, 0.5) is 0 Å². The summed E-state index contributed by atoms with van der Waals surface area (Å²) in [5, 5.41) is 24.2. The lowest BCUT2D eigenvalue weighted by atomic mass is 9.82. The number of hydrogen-bond acceptors (Lipinski definition) is 3. The Hall–Kier alpha value is -0.870. The Morgan fingerprint density at radius 1 is 1.31 bits per heavy atom. The van der Waals surface area contributed by atoms with Crippen LogP contribution in [0.15, 0.2) is 12.4 Å². The highest BCUT2D eigenvalue weighted by Crippen LogP contribution is 2.32. The first-order valence-electron chi connectivity index (χ1n) is 6.03. The lowest BCUT2D eigenvalue weighted by molar-refractivity contribution is -0.0286. The minimum Gasteiger partial charge on any atom is -0.390 e. The molecule has 1 fully saturated rings. The fourth-order valence-electron chi connectivity index (χ4n) is 2.52. The molecule has 1 aliphatic rings. The zero-order chi connectivity index (χ0) is 11.5. The molecule has 1 saturated carbocycles. The van der Waals surface area contributed by atoms with Crippen LogP contribution in [-0.2, 0) is 7.05 Å². The standard InChI is InChI=1S/C12H20N2O2/c1-14-8-10(7-13-14)12(16)11(15)9-5-3-2-4-6-9/h7-9,11-12,15-16H,2-6H2,1H3. The molecule has 0 spiro atoms. The van der Waals surface area contributed by atoms with Crippen LogP contribution in [0.5, 0.6) is 0 Å². The second-order valence-corrected chi connectivity index (χ2v) is 4.78. The van der Waals surface area contributed by atoms with Gasteiger partial charge in [-0.2, -0.15) is 5.10 Å². The maximum absolute atomic E-state index is 10.1. The molecule has 0 radical (unpaired) electrons. The van der Waals surface area contributed by atoms with Gasteiger partial charge in [-0.15, -0.1) is 0 Å². The van der Waals surface area contributed by atoms with E-state index in [1.807, 2.05) is 7.05 Å². The fourth-order valence-corrected chi connectivity index (χ4v) is 2.52. The van der Waals surface area contributed by atoms with Gasteiger partial charge in [-0.05, 0) is 18.8 Å². The summed E-state index contributed by atoms with van der Waals surface area (Å²) in [5.41, 5.74) is 0.709. The van der Waals surface area contributed by atoms with Crippen LogP contribution < -0.4 is 0 Å². The zero-order valence-electron chi connectivity index (χ0n) is 9.71. The largest absolute Gasteiger partial charge is 0.390 e. The average Bonchev–Trinajstić information content (AvgIpc) is 2.75. The number of aromatic nitrogens is 2. The Kier molecular flexibility index (Phi) is 3.61. The van der Waals surface area contributed by atoms with Crippen LogP contribution in [-0.4, -0.2) is 26.1 Å². The van der Waals surface area contributed by atoms with Gasteiger partial charge < -0.3 is 10.2 Å². The molecule has 2 unspecified atom stereocenters. The molecular weight excluding hydrogens is 204 g/mol. The van der Waals surface area contributed by atoms with Crippen LogP contribution in [0, 0.1) is 5.92 Å². The van der Waals surface area contributed by atoms with Gasteiger partial charge in [-0.3, -0.25) is 4.68 Å². The molecule has 1 aromatic rings. The molecule has 0 aliphatic heterocycles. The van der Waals surface area contributed by atoms with Crippen LogP contribution in [0.1, 0.15) is 43.8 Å². The molecule has 4 heteroatoms. The first-order chi connectivity index (χ1) is 7.68. The van der Waals surface area contributed by atoms with Gasteiger partial charge in [0.05, 0.1) is 12.3 Å². The highest BCUT2D eigenvalue weighted by molar-refractivity contribution is 5.10. The molecule has 1 heterocycles. The molecule has 2 atom stereocenters. The van der Waals surface area contributed by atoms with E-state index in [9.17, 15) is 10.2 Å². The molecule has 0 bridgehead atoms. The van der Waals surface area contributed by atoms with E-state index >= 15 is 0 Å². The van der Waals surface area contributed by atoms with E-state index in [4.69, 9.17) is 0 Å². The number of rotatable bonds is 3. The molecular formula is C12H20N2O2. The molecule has 90 valence electrons. The van der Waals surface area contributed by atoms with Gasteiger partial charge in [0.25, 0.3) is 0 Å². The van der Waals surface area contributed by atoms with Crippen molar-refractivity contribution >= 4 is 0 Å². The first-order valence-corrected chi connectivity index (χ1v) is 6.03. The summed E-state index contributed by atoms with van der Waals surface area (Å²) >= 11 is 0. The molecule has 16 heavy (non-hydrogen) atoms. The normalized spacial score (nSPS) is 21.9. The monoisotopic (exact) mass is 224 g/mol. The van der Waals surface area contributed by atoms with E-state index in [2.05, 4.69) is 5.10 Å². The summed E-state index contributed by atoms with van der Waals surface area (Å²) in [5.74, 6) is 0.240. The second-order valence-electron chi connectivity index (χ2n) is 4.78. The van der Waals surface area contributed by atoms with Gasteiger partial charge in [-0.25, -0.2) is 0 Å². The number of hydrogen-bond donors (Lipinski definition) is 2. The summed E-state index contributed by atoms with van der Waals surface area (Å²) in [4.78, 5) is 0. The average molecular weight is 224 g/mol. The lowest BCUT2D eigenvalue weighted by Gasteiger charge is -2.29. The Morgan fingerprint density at radius 2 is 2.00 bits per heavy atom. The summed E-state index contributed by atoms with van der Waals surface area (Å²) in [7, 11) is 1.81. The first kappa shape index (κ1) is 11.6. The van der Waals surface area contributed by atoms with Crippen molar-refractivity contribution in [2.24, 2.45) is 13.0 Å². The molecule has 2 rings (SSSR count). The van der Waals surface area contributed by atoms with Gasteiger partial charge in [-0.1, -0.05) is 19.3 Å². The maximum Gasteiger partial charge on any atom is 0.108 e. The Labute approximate surface area is 95.9 Å². The predicted octanol–water partition coefficient (Wildman–Crippen LogP) is 1.39. The number of aliphatic hydroxyl groups excluding tert-OH is 2. The minimum atomic E-state index is -0.795. The summed E-state index contributed by atoms with van der Waals surface area (Å²) in [6.45, 7) is 0. The third-order valence-corrected chi connectivity index (χ3v) is 3.52. The van der Waals surface area contributed by atoms with Crippen molar-refractivity contribution in [2.75, 3.05) is 0 Å². The third kappa shape index (κ3) is 2.44. The highest BCUT2D eigenvalue weighted by atomic mass is 16.3. The summed E-state index contributed by atoms with van der Waals surface area (Å²) < 4.78 is 1.64. The van der Waals surface area contributed by atoms with Crippen molar-refractivity contribution in [3.63, 3.8) is 0 Å². The van der Waals surface area contributed by atoms with Gasteiger partial charge in [0.15, 0.2) is 0 Å². The molecule has 1 aromatic heterocycles. The third-order valence-electron chi connectivity index (χ3n) is 3.52. The topological polar surface area (TPSA) is 58.3 Å². The quantitative estimate of drug-likeness (QED) is 0.815. The van der Waals surface area contributed by atoms with Gasteiger partial charge in [0, 0.05) is 18.8 Å². The van der Waals surface area contributed by atoms with Crippen molar-refractivity contribution in [1.82, 2.24) is 9.78 Å². The molecule has 1 aliphatic carbocycles. The number of aryl methyl sites for hydroxylation is 1. The maximum atomic E-state index is 10.1. The van der Waals surface area contributed by atoms with Crippen molar-refractivity contribution in [3.8, 4) is 0 Å². The number of aliphatic hydroxyl groups is 2. The van der Waals surface area contributed by atoms with Crippen LogP contribution >= 0.6 is 0 Å². The highest BCUT2D eigenvalue weighted by Gasteiger charge is 2.29. The number of nitrogens with zero attached hydrogens (tertiary/aromatic N) is 2. The molecule has 4 nitrogen and oxygen atoms in total. The molecule has 0 aromatic carbocycles. The second kappa shape index (κ2) is 4.97. The van der Waals surface area contributed by atoms with Crippen molar-refractivity contribution in [3.05, 3.63) is 18.0 Å². The minimum absolute atomic E-state index is 0.240. The molecule has 0 amide bonds. The van der Waals surface area contributed by atoms with Gasteiger partial charge >= 0.3 is 0 Å². The van der Waals surface area contributed by atoms with Gasteiger partial charge in [0.2, 0.25) is 0 Å². The van der Waals surface area contributed by atoms with Crippen LogP contribution in [0.25, 0.3) is 0 Å². The Morgan fingerprint density at radius 3 is 2.56 bits per heavy atom. The SMILES string of the molecule is Cn1cc(C(O)C(O)C2CCCCC2)cn1. The Balaban J connectivity index is 2.00. The molecule has 0 saturated heterocycles. The fraction of sp³-hybridized carbons (Fsp3) is 0.750. The summed E-state index contributed by atoms with van der Waals surface area (Å²) in [6.07, 6.45) is 7.58. The molecule has 2 N–H and O–H groups in total. The van der Waals surface area contributed by atoms with E-state index in [1.165, 1.54) is 19.3 Å². The van der Waals surface area contributed by atoms with Crippen LogP contribution in [0.3, 0.4) is 0 Å². The van der Waals surface area contributed by atoms with Gasteiger partial charge in [0.1, 0.15) is 6.10 Å². The van der Waals surface area contributed by atoms with Crippen molar-refractivity contribution in [1.29, 1.82) is 0 Å². The zero-order valence-corrected chi connectivity index (χ0v) is 9.71. The van der Waals surface area contributed by atoms with Crippen molar-refractivity contribution in [2.45, 2.75) is 44.3 Å². The van der Waals surface area contributed by atoms with Crippen molar-refractivity contribution < 1.29 is 10.2 Å². The smallest absolute Gasteiger partial charge is 0.108 e. The van der Waals surface area contributed by atoms with E-state index < -0.39 is 12.2 Å².